The van der Waals surface area contributed by atoms with Gasteiger partial charge < -0.3 is 10.1 Å². The number of hydrogen-bond acceptors (Lipinski definition) is 2. The van der Waals surface area contributed by atoms with Crippen LogP contribution >= 0.6 is 0 Å². The number of nitrogens with one attached hydrogen (secondary N) is 1. The number of rotatable bonds is 7. The maximum atomic E-state index is 5.52. The maximum absolute atomic E-state index is 5.52. The minimum Gasteiger partial charge on any atom is -0.377 e. The van der Waals surface area contributed by atoms with Gasteiger partial charge in [0.25, 0.3) is 0 Å². The molecule has 0 radical (unpaired) electrons. The summed E-state index contributed by atoms with van der Waals surface area (Å²) in [7, 11) is 0. The Hall–Kier alpha value is -0.860. The third-order valence-corrected chi connectivity index (χ3v) is 3.11. The van der Waals surface area contributed by atoms with E-state index in [-0.39, 0.29) is 0 Å². The first kappa shape index (κ1) is 15.2. The lowest BCUT2D eigenvalue weighted by atomic mass is 10.00. The minimum absolute atomic E-state index is 0.312. The van der Waals surface area contributed by atoms with Crippen molar-refractivity contribution in [3.05, 3.63) is 35.4 Å². The summed E-state index contributed by atoms with van der Waals surface area (Å²) in [5.41, 5.74) is 2.73. The van der Waals surface area contributed by atoms with Crippen molar-refractivity contribution in [2.45, 2.75) is 52.7 Å². The molecule has 0 aliphatic heterocycles. The van der Waals surface area contributed by atoms with E-state index in [1.54, 1.807) is 0 Å². The minimum atomic E-state index is 0.312. The van der Waals surface area contributed by atoms with Gasteiger partial charge in [-0.2, -0.15) is 0 Å². The van der Waals surface area contributed by atoms with Crippen molar-refractivity contribution in [2.75, 3.05) is 13.2 Å². The third-order valence-electron chi connectivity index (χ3n) is 3.11. The Labute approximate surface area is 112 Å². The smallest absolute Gasteiger partial charge is 0.0594 e. The van der Waals surface area contributed by atoms with Crippen molar-refractivity contribution in [1.82, 2.24) is 5.32 Å². The summed E-state index contributed by atoms with van der Waals surface area (Å²) in [6.45, 7) is 12.4. The first-order valence-electron chi connectivity index (χ1n) is 6.95. The van der Waals surface area contributed by atoms with Crippen LogP contribution in [-0.2, 0) is 4.74 Å². The van der Waals surface area contributed by atoms with Crippen LogP contribution in [0.5, 0.6) is 0 Å². The molecule has 0 heterocycles. The monoisotopic (exact) mass is 249 g/mol. The van der Waals surface area contributed by atoms with Crippen LogP contribution in [0.25, 0.3) is 0 Å². The molecule has 2 heteroatoms. The molecule has 0 fully saturated rings. The van der Waals surface area contributed by atoms with Crippen LogP contribution in [0.1, 0.15) is 57.7 Å². The summed E-state index contributed by atoms with van der Waals surface area (Å²) in [6.07, 6.45) is 0.312. The fourth-order valence-corrected chi connectivity index (χ4v) is 1.86. The second-order valence-electron chi connectivity index (χ2n) is 5.42. The van der Waals surface area contributed by atoms with Gasteiger partial charge in [-0.1, -0.05) is 38.1 Å². The van der Waals surface area contributed by atoms with Crippen LogP contribution < -0.4 is 5.32 Å². The van der Waals surface area contributed by atoms with Gasteiger partial charge in [0.15, 0.2) is 0 Å². The van der Waals surface area contributed by atoms with Crippen molar-refractivity contribution < 1.29 is 4.74 Å². The lowest BCUT2D eigenvalue weighted by Crippen LogP contribution is -2.24. The summed E-state index contributed by atoms with van der Waals surface area (Å²) in [4.78, 5) is 0. The SMILES string of the molecule is CC(C)OCCNC(C)c1ccc(C(C)C)cc1. The standard InChI is InChI=1S/C16H27NO/c1-12(2)15-6-8-16(9-7-15)14(5)17-10-11-18-13(3)4/h6-9,12-14,17H,10-11H2,1-5H3. The molecule has 1 aromatic carbocycles. The van der Waals surface area contributed by atoms with Crippen LogP contribution in [0.4, 0.5) is 0 Å². The van der Waals surface area contributed by atoms with Crippen LogP contribution in [0.3, 0.4) is 0 Å². The zero-order chi connectivity index (χ0) is 13.5. The van der Waals surface area contributed by atoms with Gasteiger partial charge in [-0.25, -0.2) is 0 Å². The average molecular weight is 249 g/mol. The molecule has 1 N–H and O–H groups in total. The molecule has 0 aliphatic rings. The van der Waals surface area contributed by atoms with E-state index in [0.29, 0.717) is 18.1 Å². The molecule has 0 saturated carbocycles. The fraction of sp³-hybridized carbons (Fsp3) is 0.625. The van der Waals surface area contributed by atoms with Gasteiger partial charge in [-0.15, -0.1) is 0 Å². The molecular weight excluding hydrogens is 222 g/mol. The molecule has 0 aromatic heterocycles. The number of ether oxygens (including phenoxy) is 1. The normalized spacial score (nSPS) is 13.3. The zero-order valence-electron chi connectivity index (χ0n) is 12.4. The van der Waals surface area contributed by atoms with Gasteiger partial charge >= 0.3 is 0 Å². The summed E-state index contributed by atoms with van der Waals surface area (Å²) in [5.74, 6) is 0.599. The van der Waals surface area contributed by atoms with Crippen LogP contribution in [0, 0.1) is 0 Å². The fourth-order valence-electron chi connectivity index (χ4n) is 1.86. The average Bonchev–Trinajstić information content (AvgIpc) is 2.34. The van der Waals surface area contributed by atoms with Gasteiger partial charge in [0, 0.05) is 12.6 Å². The van der Waals surface area contributed by atoms with E-state index in [2.05, 4.69) is 64.2 Å². The maximum Gasteiger partial charge on any atom is 0.0594 e. The first-order chi connectivity index (χ1) is 8.50. The van der Waals surface area contributed by atoms with Crippen molar-refractivity contribution in [1.29, 1.82) is 0 Å². The molecule has 0 bridgehead atoms. The van der Waals surface area contributed by atoms with Gasteiger partial charge in [-0.3, -0.25) is 0 Å². The topological polar surface area (TPSA) is 21.3 Å². The second-order valence-corrected chi connectivity index (χ2v) is 5.42. The molecule has 0 spiro atoms. The lowest BCUT2D eigenvalue weighted by molar-refractivity contribution is 0.0796. The molecule has 18 heavy (non-hydrogen) atoms. The Morgan fingerprint density at radius 1 is 0.944 bits per heavy atom. The molecule has 1 aromatic rings. The van der Waals surface area contributed by atoms with E-state index < -0.39 is 0 Å². The molecule has 0 amide bonds. The van der Waals surface area contributed by atoms with E-state index in [1.807, 2.05) is 0 Å². The molecule has 102 valence electrons. The molecule has 1 rings (SSSR count). The quantitative estimate of drug-likeness (QED) is 0.740. The largest absolute Gasteiger partial charge is 0.377 e. The Balaban J connectivity index is 2.39. The van der Waals surface area contributed by atoms with E-state index in [9.17, 15) is 0 Å². The number of hydrogen-bond donors (Lipinski definition) is 1. The van der Waals surface area contributed by atoms with Crippen molar-refractivity contribution >= 4 is 0 Å². The summed E-state index contributed by atoms with van der Waals surface area (Å²) in [6, 6.07) is 9.26. The zero-order valence-corrected chi connectivity index (χ0v) is 12.4. The van der Waals surface area contributed by atoms with Gasteiger partial charge in [0.1, 0.15) is 0 Å². The number of benzene rings is 1. The Kier molecular flexibility index (Phi) is 6.37. The lowest BCUT2D eigenvalue weighted by Gasteiger charge is -2.16. The summed E-state index contributed by atoms with van der Waals surface area (Å²) < 4.78 is 5.52. The van der Waals surface area contributed by atoms with Crippen LogP contribution in [0.2, 0.25) is 0 Å². The highest BCUT2D eigenvalue weighted by atomic mass is 16.5. The van der Waals surface area contributed by atoms with Gasteiger partial charge in [0.05, 0.1) is 12.7 Å². The molecule has 2 nitrogen and oxygen atoms in total. The Bertz CT molecular complexity index is 329. The molecule has 0 aliphatic carbocycles. The molecule has 0 saturated heterocycles. The predicted octanol–water partition coefficient (Wildman–Crippen LogP) is 3.89. The Morgan fingerprint density at radius 2 is 1.50 bits per heavy atom. The predicted molar refractivity (Wildman–Crippen MR) is 78.0 cm³/mol. The van der Waals surface area contributed by atoms with E-state index in [4.69, 9.17) is 4.74 Å². The summed E-state index contributed by atoms with van der Waals surface area (Å²) in [5, 5.41) is 3.48. The second kappa shape index (κ2) is 7.55. The third kappa shape index (κ3) is 5.19. The molecule has 1 unspecified atom stereocenters. The van der Waals surface area contributed by atoms with Crippen LogP contribution in [0.15, 0.2) is 24.3 Å². The summed E-state index contributed by atoms with van der Waals surface area (Å²) >= 11 is 0. The highest BCUT2D eigenvalue weighted by Gasteiger charge is 2.05. The Morgan fingerprint density at radius 3 is 2.00 bits per heavy atom. The van der Waals surface area contributed by atoms with E-state index in [1.165, 1.54) is 11.1 Å². The van der Waals surface area contributed by atoms with Crippen LogP contribution in [-0.4, -0.2) is 19.3 Å². The van der Waals surface area contributed by atoms with Crippen molar-refractivity contribution in [3.63, 3.8) is 0 Å². The first-order valence-corrected chi connectivity index (χ1v) is 6.95. The van der Waals surface area contributed by atoms with Gasteiger partial charge in [-0.05, 0) is 37.8 Å². The molecule has 1 atom stereocenters. The van der Waals surface area contributed by atoms with Crippen molar-refractivity contribution in [3.8, 4) is 0 Å². The van der Waals surface area contributed by atoms with E-state index in [0.717, 1.165) is 13.2 Å². The highest BCUT2D eigenvalue weighted by Crippen LogP contribution is 2.18. The highest BCUT2D eigenvalue weighted by molar-refractivity contribution is 5.26. The van der Waals surface area contributed by atoms with Crippen molar-refractivity contribution in [2.24, 2.45) is 0 Å². The van der Waals surface area contributed by atoms with E-state index >= 15 is 0 Å². The van der Waals surface area contributed by atoms with Gasteiger partial charge in [0.2, 0.25) is 0 Å². The molecular formula is C16H27NO.